The largest absolute Gasteiger partial charge is 0.462 e. The number of aryl methyl sites for hydroxylation is 3. The molecule has 0 saturated carbocycles. The van der Waals surface area contributed by atoms with Gasteiger partial charge in [0.1, 0.15) is 0 Å². The molecule has 3 aromatic carbocycles. The fourth-order valence-electron chi connectivity index (χ4n) is 5.11. The van der Waals surface area contributed by atoms with E-state index in [1.807, 2.05) is 0 Å². The van der Waals surface area contributed by atoms with Crippen molar-refractivity contribution in [2.24, 2.45) is 0 Å². The molecule has 2 N–H and O–H groups in total. The van der Waals surface area contributed by atoms with Gasteiger partial charge < -0.3 is 19.7 Å². The molecule has 0 bridgehead atoms. The van der Waals surface area contributed by atoms with Crippen LogP contribution in [0.3, 0.4) is 0 Å². The molecule has 0 unspecified atom stereocenters. The fourth-order valence-corrected chi connectivity index (χ4v) is 5.11. The Morgan fingerprint density at radius 1 is 0.600 bits per heavy atom. The van der Waals surface area contributed by atoms with Crippen LogP contribution in [0.5, 0.6) is 0 Å². The van der Waals surface area contributed by atoms with E-state index in [1.165, 1.54) is 64.6 Å². The van der Waals surface area contributed by atoms with E-state index >= 15 is 0 Å². The lowest BCUT2D eigenvalue weighted by Crippen LogP contribution is -2.11. The van der Waals surface area contributed by atoms with Crippen molar-refractivity contribution in [2.45, 2.75) is 71.1 Å². The first kappa shape index (κ1) is 35.5. The maximum absolute atomic E-state index is 11.7. The maximum atomic E-state index is 11.7. The van der Waals surface area contributed by atoms with Crippen molar-refractivity contribution in [3.05, 3.63) is 108 Å². The molecule has 0 fully saturated rings. The molecule has 0 amide bonds. The molecule has 0 heterocycles. The van der Waals surface area contributed by atoms with Gasteiger partial charge in [0.15, 0.2) is 0 Å². The fraction of sp³-hybridized carbons (Fsp3) is 0.385. The molecule has 0 saturated heterocycles. The zero-order chi connectivity index (χ0) is 32.4. The summed E-state index contributed by atoms with van der Waals surface area (Å²) in [5.74, 6) is -1.09. The Labute approximate surface area is 268 Å². The zero-order valence-electron chi connectivity index (χ0n) is 26.7. The number of esters is 2. The van der Waals surface area contributed by atoms with Gasteiger partial charge in [0.2, 0.25) is 0 Å². The number of ether oxygens (including phenoxy) is 2. The third-order valence-corrected chi connectivity index (χ3v) is 7.85. The van der Waals surface area contributed by atoms with E-state index in [4.69, 9.17) is 19.7 Å². The average molecular weight is 613 g/mol. The van der Waals surface area contributed by atoms with Gasteiger partial charge in [-0.15, -0.1) is 0 Å². The average Bonchev–Trinajstić information content (AvgIpc) is 3.08. The summed E-state index contributed by atoms with van der Waals surface area (Å²) in [5, 5.41) is 18.0. The van der Waals surface area contributed by atoms with E-state index in [1.54, 1.807) is 0 Å². The van der Waals surface area contributed by atoms with Crippen LogP contribution in [0.4, 0.5) is 0 Å². The van der Waals surface area contributed by atoms with Crippen LogP contribution in [0.2, 0.25) is 0 Å². The standard InChI is InChI=1S/C39H48O6/c1-4-5-6-7-8-13-36-26-35(33-18-14-31(15-19-33)11-9-24-44-38(42)29(2)27-40)22-23-37(36)34-20-16-32(17-21-34)12-10-25-45-39(43)30(3)28-41/h14-23,26,40-41H,2-13,24-25,27-28H2,1H3. The lowest BCUT2D eigenvalue weighted by Gasteiger charge is -2.14. The summed E-state index contributed by atoms with van der Waals surface area (Å²) in [5.41, 5.74) is 8.67. The number of carbonyl (C=O) groups excluding carboxylic acids is 2. The van der Waals surface area contributed by atoms with Crippen LogP contribution >= 0.6 is 0 Å². The molecule has 0 atom stereocenters. The highest BCUT2D eigenvalue weighted by molar-refractivity contribution is 5.88. The number of unbranched alkanes of at least 4 members (excludes halogenated alkanes) is 4. The molecule has 0 radical (unpaired) electrons. The van der Waals surface area contributed by atoms with Crippen molar-refractivity contribution in [3.63, 3.8) is 0 Å². The third-order valence-electron chi connectivity index (χ3n) is 7.85. The van der Waals surface area contributed by atoms with Crippen molar-refractivity contribution in [1.82, 2.24) is 0 Å². The van der Waals surface area contributed by atoms with E-state index < -0.39 is 11.9 Å². The van der Waals surface area contributed by atoms with Crippen molar-refractivity contribution in [2.75, 3.05) is 26.4 Å². The molecule has 0 spiro atoms. The normalized spacial score (nSPS) is 10.8. The van der Waals surface area contributed by atoms with E-state index in [0.29, 0.717) is 26.1 Å². The van der Waals surface area contributed by atoms with E-state index in [9.17, 15) is 9.59 Å². The van der Waals surface area contributed by atoms with Crippen molar-refractivity contribution in [1.29, 1.82) is 0 Å². The van der Waals surface area contributed by atoms with Gasteiger partial charge in [-0.1, -0.05) is 112 Å². The predicted molar refractivity (Wildman–Crippen MR) is 181 cm³/mol. The van der Waals surface area contributed by atoms with Gasteiger partial charge in [-0.2, -0.15) is 0 Å². The van der Waals surface area contributed by atoms with Gasteiger partial charge in [-0.3, -0.25) is 0 Å². The van der Waals surface area contributed by atoms with Crippen LogP contribution < -0.4 is 0 Å². The molecule has 3 rings (SSSR count). The number of aliphatic hydroxyl groups excluding tert-OH is 2. The molecule has 0 aliphatic rings. The highest BCUT2D eigenvalue weighted by atomic mass is 16.5. The third kappa shape index (κ3) is 11.8. The van der Waals surface area contributed by atoms with E-state index in [0.717, 1.165) is 25.7 Å². The minimum absolute atomic E-state index is 0.0717. The number of rotatable bonds is 20. The second-order valence-corrected chi connectivity index (χ2v) is 11.4. The highest BCUT2D eigenvalue weighted by Crippen LogP contribution is 2.31. The van der Waals surface area contributed by atoms with Gasteiger partial charge in [0, 0.05) is 0 Å². The van der Waals surface area contributed by atoms with Crippen molar-refractivity contribution >= 4 is 11.9 Å². The molecular formula is C39H48O6. The summed E-state index contributed by atoms with van der Waals surface area (Å²) in [6.45, 7) is 9.03. The number of benzene rings is 3. The Balaban J connectivity index is 1.66. The summed E-state index contributed by atoms with van der Waals surface area (Å²) in [6, 6.07) is 24.0. The van der Waals surface area contributed by atoms with Crippen LogP contribution in [0.15, 0.2) is 91.0 Å². The summed E-state index contributed by atoms with van der Waals surface area (Å²) >= 11 is 0. The molecular weight excluding hydrogens is 564 g/mol. The van der Waals surface area contributed by atoms with E-state index in [-0.39, 0.29) is 24.4 Å². The Kier molecular flexibility index (Phi) is 15.3. The monoisotopic (exact) mass is 612 g/mol. The maximum Gasteiger partial charge on any atom is 0.335 e. The SMILES string of the molecule is C=C(CO)C(=O)OCCCc1ccc(-c2ccc(-c3ccc(CCCOC(=O)C(=C)CO)cc3)c(CCCCCCC)c2)cc1. The molecule has 0 aliphatic heterocycles. The lowest BCUT2D eigenvalue weighted by molar-refractivity contribution is -0.140. The minimum atomic E-state index is -0.546. The first-order valence-corrected chi connectivity index (χ1v) is 16.1. The van der Waals surface area contributed by atoms with Crippen LogP contribution in [0.25, 0.3) is 22.3 Å². The van der Waals surface area contributed by atoms with Crippen LogP contribution in [0.1, 0.15) is 68.6 Å². The van der Waals surface area contributed by atoms with Crippen molar-refractivity contribution in [3.8, 4) is 22.3 Å². The molecule has 0 aromatic heterocycles. The first-order valence-electron chi connectivity index (χ1n) is 16.1. The Hall–Kier alpha value is -4.00. The van der Waals surface area contributed by atoms with E-state index in [2.05, 4.69) is 86.8 Å². The number of carbonyl (C=O) groups is 2. The molecule has 240 valence electrons. The Morgan fingerprint density at radius 3 is 1.60 bits per heavy atom. The molecule has 0 aliphatic carbocycles. The van der Waals surface area contributed by atoms with Gasteiger partial charge in [-0.25, -0.2) is 9.59 Å². The van der Waals surface area contributed by atoms with Gasteiger partial charge in [0.05, 0.1) is 37.6 Å². The predicted octanol–water partition coefficient (Wildman–Crippen LogP) is 7.58. The Morgan fingerprint density at radius 2 is 1.09 bits per heavy atom. The van der Waals surface area contributed by atoms with Crippen LogP contribution in [-0.2, 0) is 38.3 Å². The van der Waals surface area contributed by atoms with Gasteiger partial charge in [0.25, 0.3) is 0 Å². The summed E-state index contributed by atoms with van der Waals surface area (Å²) in [4.78, 5) is 23.3. The number of aliphatic hydroxyl groups is 2. The molecule has 6 heteroatoms. The molecule has 3 aromatic rings. The smallest absolute Gasteiger partial charge is 0.335 e. The minimum Gasteiger partial charge on any atom is -0.462 e. The number of hydrogen-bond donors (Lipinski definition) is 2. The summed E-state index contributed by atoms with van der Waals surface area (Å²) in [6.07, 6.45) is 10.2. The lowest BCUT2D eigenvalue weighted by atomic mass is 9.91. The van der Waals surface area contributed by atoms with Crippen molar-refractivity contribution < 1.29 is 29.3 Å². The van der Waals surface area contributed by atoms with Gasteiger partial charge >= 0.3 is 11.9 Å². The molecule has 6 nitrogen and oxygen atoms in total. The number of hydrogen-bond acceptors (Lipinski definition) is 6. The Bertz CT molecular complexity index is 1390. The second-order valence-electron chi connectivity index (χ2n) is 11.4. The first-order chi connectivity index (χ1) is 21.9. The summed E-state index contributed by atoms with van der Waals surface area (Å²) in [7, 11) is 0. The van der Waals surface area contributed by atoms with Crippen LogP contribution in [0, 0.1) is 0 Å². The second kappa shape index (κ2) is 19.4. The topological polar surface area (TPSA) is 93.1 Å². The van der Waals surface area contributed by atoms with Crippen LogP contribution in [-0.4, -0.2) is 48.6 Å². The van der Waals surface area contributed by atoms with Gasteiger partial charge in [-0.05, 0) is 77.5 Å². The zero-order valence-corrected chi connectivity index (χ0v) is 26.7. The summed E-state index contributed by atoms with van der Waals surface area (Å²) < 4.78 is 10.3. The highest BCUT2D eigenvalue weighted by Gasteiger charge is 2.11. The molecule has 45 heavy (non-hydrogen) atoms. The quantitative estimate of drug-likeness (QED) is 0.0776.